The second-order valence-electron chi connectivity index (χ2n) is 7.47. The Morgan fingerprint density at radius 2 is 1.88 bits per heavy atom. The molecule has 2 aliphatic heterocycles. The predicted molar refractivity (Wildman–Crippen MR) is 105 cm³/mol. The van der Waals surface area contributed by atoms with Gasteiger partial charge in [0.2, 0.25) is 0 Å². The Morgan fingerprint density at radius 3 is 2.52 bits per heavy atom. The molecule has 4 unspecified atom stereocenters. The summed E-state index contributed by atoms with van der Waals surface area (Å²) in [6.07, 6.45) is 5.91. The Labute approximate surface area is 158 Å². The molecule has 3 rings (SSSR count). The van der Waals surface area contributed by atoms with E-state index in [0.717, 1.165) is 30.9 Å². The zero-order valence-electron chi connectivity index (χ0n) is 16.0. The van der Waals surface area contributed by atoms with E-state index >= 15 is 0 Å². The number of piperidine rings is 1. The van der Waals surface area contributed by atoms with Crippen LogP contribution in [0.4, 0.5) is 0 Å². The summed E-state index contributed by atoms with van der Waals surface area (Å²) in [5.41, 5.74) is 9.35. The number of ether oxygens (including phenoxy) is 2. The quantitative estimate of drug-likeness (QED) is 0.854. The van der Waals surface area contributed by atoms with Crippen molar-refractivity contribution in [1.82, 2.24) is 4.90 Å². The Hall–Kier alpha value is -0.970. The van der Waals surface area contributed by atoms with Crippen LogP contribution in [0.2, 0.25) is 0 Å². The minimum atomic E-state index is 0. The molecule has 4 nitrogen and oxygen atoms in total. The highest BCUT2D eigenvalue weighted by Crippen LogP contribution is 2.44. The molecule has 1 aromatic rings. The first kappa shape index (κ1) is 20.3. The standard InChI is InChI=1S/C20H32N2O2.ClH/c1-5-6-7-14-12-22-13(2)8-15-9-19(23-3)20(24-4)10-16(15)18(22)11-17(14)21;/h9-10,13-14,17-18H,5-8,11-12,21H2,1-4H3;1H. The SMILES string of the molecule is CCCCC1CN2C(C)Cc3cc(OC)c(OC)cc3C2CC1N.Cl. The summed E-state index contributed by atoms with van der Waals surface area (Å²) < 4.78 is 11.0. The topological polar surface area (TPSA) is 47.7 Å². The third-order valence-electron chi connectivity index (χ3n) is 5.96. The van der Waals surface area contributed by atoms with Crippen LogP contribution in [-0.4, -0.2) is 37.7 Å². The van der Waals surface area contributed by atoms with Gasteiger partial charge >= 0.3 is 0 Å². The van der Waals surface area contributed by atoms with Gasteiger partial charge in [-0.2, -0.15) is 0 Å². The maximum Gasteiger partial charge on any atom is 0.161 e. The molecule has 25 heavy (non-hydrogen) atoms. The number of unbranched alkanes of at least 4 members (excludes halogenated alkanes) is 1. The number of fused-ring (bicyclic) bond motifs is 3. The van der Waals surface area contributed by atoms with E-state index in [4.69, 9.17) is 15.2 Å². The van der Waals surface area contributed by atoms with Crippen LogP contribution in [0, 0.1) is 5.92 Å². The lowest BCUT2D eigenvalue weighted by Gasteiger charge is -2.49. The summed E-state index contributed by atoms with van der Waals surface area (Å²) in [6, 6.07) is 5.60. The van der Waals surface area contributed by atoms with Crippen LogP contribution in [0.5, 0.6) is 11.5 Å². The van der Waals surface area contributed by atoms with Crippen molar-refractivity contribution in [3.8, 4) is 11.5 Å². The Balaban J connectivity index is 0.00000225. The molecule has 1 saturated heterocycles. The molecule has 2 heterocycles. The van der Waals surface area contributed by atoms with Crippen molar-refractivity contribution < 1.29 is 9.47 Å². The van der Waals surface area contributed by atoms with Crippen molar-refractivity contribution in [3.63, 3.8) is 0 Å². The molecule has 0 radical (unpaired) electrons. The van der Waals surface area contributed by atoms with Crippen molar-refractivity contribution in [2.45, 2.75) is 64.1 Å². The minimum absolute atomic E-state index is 0. The fraction of sp³-hybridized carbons (Fsp3) is 0.700. The highest BCUT2D eigenvalue weighted by Gasteiger charge is 2.40. The Kier molecular flexibility index (Phi) is 7.01. The average Bonchev–Trinajstić information content (AvgIpc) is 2.59. The number of hydrogen-bond donors (Lipinski definition) is 1. The maximum absolute atomic E-state index is 6.57. The normalized spacial score (nSPS) is 28.5. The van der Waals surface area contributed by atoms with Crippen molar-refractivity contribution in [2.75, 3.05) is 20.8 Å². The van der Waals surface area contributed by atoms with E-state index < -0.39 is 0 Å². The summed E-state index contributed by atoms with van der Waals surface area (Å²) in [5, 5.41) is 0. The zero-order chi connectivity index (χ0) is 17.3. The molecule has 0 aliphatic carbocycles. The van der Waals surface area contributed by atoms with Crippen molar-refractivity contribution >= 4 is 12.4 Å². The highest BCUT2D eigenvalue weighted by atomic mass is 35.5. The van der Waals surface area contributed by atoms with Crippen LogP contribution in [0.15, 0.2) is 12.1 Å². The minimum Gasteiger partial charge on any atom is -0.493 e. The molecule has 0 saturated carbocycles. The number of nitrogens with two attached hydrogens (primary N) is 1. The molecule has 0 amide bonds. The lowest BCUT2D eigenvalue weighted by atomic mass is 9.77. The number of rotatable bonds is 5. The molecular formula is C20H33ClN2O2. The van der Waals surface area contributed by atoms with Gasteiger partial charge in [0.25, 0.3) is 0 Å². The van der Waals surface area contributed by atoms with E-state index in [2.05, 4.69) is 30.9 Å². The monoisotopic (exact) mass is 368 g/mol. The summed E-state index contributed by atoms with van der Waals surface area (Å²) in [5.74, 6) is 2.29. The van der Waals surface area contributed by atoms with Crippen molar-refractivity contribution in [3.05, 3.63) is 23.3 Å². The van der Waals surface area contributed by atoms with E-state index in [1.165, 1.54) is 30.4 Å². The Morgan fingerprint density at radius 1 is 1.20 bits per heavy atom. The molecule has 2 N–H and O–H groups in total. The molecule has 4 atom stereocenters. The molecule has 142 valence electrons. The van der Waals surface area contributed by atoms with Gasteiger partial charge in [-0.05, 0) is 55.4 Å². The molecule has 0 spiro atoms. The van der Waals surface area contributed by atoms with Crippen molar-refractivity contribution in [1.29, 1.82) is 0 Å². The molecule has 2 aliphatic rings. The fourth-order valence-corrected chi connectivity index (χ4v) is 4.54. The number of nitrogens with zero attached hydrogens (tertiary/aromatic N) is 1. The summed E-state index contributed by atoms with van der Waals surface area (Å²) in [7, 11) is 3.42. The van der Waals surface area contributed by atoms with Crippen LogP contribution < -0.4 is 15.2 Å². The smallest absolute Gasteiger partial charge is 0.161 e. The van der Waals surface area contributed by atoms with Gasteiger partial charge in [0, 0.05) is 24.7 Å². The van der Waals surface area contributed by atoms with Gasteiger partial charge in [-0.1, -0.05) is 19.8 Å². The summed E-state index contributed by atoms with van der Waals surface area (Å²) in [4.78, 5) is 2.68. The van der Waals surface area contributed by atoms with Crippen LogP contribution >= 0.6 is 12.4 Å². The second-order valence-corrected chi connectivity index (χ2v) is 7.47. The number of benzene rings is 1. The van der Waals surface area contributed by atoms with E-state index in [1.54, 1.807) is 14.2 Å². The Bertz CT molecular complexity index is 581. The third kappa shape index (κ3) is 3.91. The molecular weight excluding hydrogens is 336 g/mol. The van der Waals surface area contributed by atoms with Gasteiger partial charge in [-0.25, -0.2) is 0 Å². The molecule has 0 aromatic heterocycles. The van der Waals surface area contributed by atoms with Crippen molar-refractivity contribution in [2.24, 2.45) is 11.7 Å². The van der Waals surface area contributed by atoms with Crippen LogP contribution in [0.25, 0.3) is 0 Å². The van der Waals surface area contributed by atoms with Gasteiger partial charge in [0.15, 0.2) is 11.5 Å². The van der Waals surface area contributed by atoms with Gasteiger partial charge in [0.05, 0.1) is 14.2 Å². The zero-order valence-corrected chi connectivity index (χ0v) is 16.8. The first-order valence-corrected chi connectivity index (χ1v) is 9.35. The fourth-order valence-electron chi connectivity index (χ4n) is 4.54. The van der Waals surface area contributed by atoms with Gasteiger partial charge < -0.3 is 15.2 Å². The first-order valence-electron chi connectivity index (χ1n) is 9.35. The third-order valence-corrected chi connectivity index (χ3v) is 5.96. The van der Waals surface area contributed by atoms with Gasteiger partial charge in [-0.3, -0.25) is 4.90 Å². The molecule has 5 heteroatoms. The van der Waals surface area contributed by atoms with Crippen LogP contribution in [0.1, 0.15) is 56.7 Å². The van der Waals surface area contributed by atoms with E-state index in [1.807, 2.05) is 0 Å². The number of hydrogen-bond acceptors (Lipinski definition) is 4. The van der Waals surface area contributed by atoms with E-state index in [-0.39, 0.29) is 12.4 Å². The maximum atomic E-state index is 6.57. The van der Waals surface area contributed by atoms with Gasteiger partial charge in [-0.15, -0.1) is 12.4 Å². The van der Waals surface area contributed by atoms with Crippen LogP contribution in [0.3, 0.4) is 0 Å². The largest absolute Gasteiger partial charge is 0.493 e. The van der Waals surface area contributed by atoms with Gasteiger partial charge in [0.1, 0.15) is 0 Å². The molecule has 1 fully saturated rings. The summed E-state index contributed by atoms with van der Waals surface area (Å²) in [6.45, 7) is 5.73. The van der Waals surface area contributed by atoms with E-state index in [0.29, 0.717) is 24.0 Å². The summed E-state index contributed by atoms with van der Waals surface area (Å²) >= 11 is 0. The lowest BCUT2D eigenvalue weighted by molar-refractivity contribution is 0.0423. The number of methoxy groups -OCH3 is 2. The first-order chi connectivity index (χ1) is 11.6. The lowest BCUT2D eigenvalue weighted by Crippen LogP contribution is -2.53. The van der Waals surface area contributed by atoms with E-state index in [9.17, 15) is 0 Å². The number of halogens is 1. The van der Waals surface area contributed by atoms with Crippen LogP contribution in [-0.2, 0) is 6.42 Å². The molecule has 0 bridgehead atoms. The highest BCUT2D eigenvalue weighted by molar-refractivity contribution is 5.85. The average molecular weight is 369 g/mol. The molecule has 1 aromatic carbocycles. The predicted octanol–water partition coefficient (Wildman–Crippen LogP) is 3.95. The second kappa shape index (κ2) is 8.61.